The van der Waals surface area contributed by atoms with Crippen molar-refractivity contribution in [3.05, 3.63) is 66.2 Å². The van der Waals surface area contributed by atoms with E-state index in [2.05, 4.69) is 20.1 Å². The first-order valence-electron chi connectivity index (χ1n) is 8.81. The van der Waals surface area contributed by atoms with Crippen molar-refractivity contribution in [2.75, 3.05) is 4.72 Å². The maximum absolute atomic E-state index is 12.7. The molecule has 0 aliphatic carbocycles. The molecule has 29 heavy (non-hydrogen) atoms. The molecule has 4 aromatic rings. The van der Waals surface area contributed by atoms with Crippen LogP contribution < -0.4 is 10.0 Å². The van der Waals surface area contributed by atoms with Crippen LogP contribution in [0.2, 0.25) is 0 Å². The van der Waals surface area contributed by atoms with Crippen LogP contribution in [0.4, 0.5) is 5.95 Å². The molecule has 1 aliphatic rings. The zero-order valence-corrected chi connectivity index (χ0v) is 16.0. The minimum atomic E-state index is -3.77. The number of hydrogen-bond acceptors (Lipinski definition) is 6. The highest BCUT2D eigenvalue weighted by molar-refractivity contribution is 7.92. The summed E-state index contributed by atoms with van der Waals surface area (Å²) in [6.45, 7) is 1.78. The van der Waals surface area contributed by atoms with Crippen molar-refractivity contribution in [1.82, 2.24) is 20.1 Å². The predicted molar refractivity (Wildman–Crippen MR) is 104 cm³/mol. The number of sulfonamides is 1. The Kier molecular flexibility index (Phi) is 3.71. The van der Waals surface area contributed by atoms with Crippen molar-refractivity contribution >= 4 is 32.8 Å². The minimum absolute atomic E-state index is 0.0368. The van der Waals surface area contributed by atoms with Crippen LogP contribution in [0.5, 0.6) is 0 Å². The molecular formula is C19H15N5O4S. The van der Waals surface area contributed by atoms with Crippen molar-refractivity contribution in [3.63, 3.8) is 0 Å². The molecule has 2 aromatic heterocycles. The summed E-state index contributed by atoms with van der Waals surface area (Å²) in [5.41, 5.74) is 1.06. The average molecular weight is 409 g/mol. The van der Waals surface area contributed by atoms with E-state index in [-0.39, 0.29) is 16.7 Å². The Morgan fingerprint density at radius 3 is 2.76 bits per heavy atom. The van der Waals surface area contributed by atoms with Crippen molar-refractivity contribution in [2.24, 2.45) is 0 Å². The molecule has 0 fully saturated rings. The number of furan rings is 1. The lowest BCUT2D eigenvalue weighted by Gasteiger charge is -2.17. The molecule has 9 nitrogen and oxygen atoms in total. The number of fused-ring (bicyclic) bond motifs is 4. The Bertz CT molecular complexity index is 1340. The molecule has 0 bridgehead atoms. The van der Waals surface area contributed by atoms with Crippen LogP contribution >= 0.6 is 0 Å². The van der Waals surface area contributed by atoms with E-state index in [0.717, 1.165) is 11.0 Å². The molecule has 1 aliphatic heterocycles. The van der Waals surface area contributed by atoms with E-state index in [1.54, 1.807) is 25.1 Å². The third-order valence-electron chi connectivity index (χ3n) is 4.64. The van der Waals surface area contributed by atoms with Gasteiger partial charge in [0.2, 0.25) is 11.8 Å². The standard InChI is InChI=1S/C19H15N5O4S/c1-11(15-10-12-6-2-4-8-14(12)28-15)20-18(25)17-21-19-23-29(26,27)16-9-5-3-7-13(16)24(19)22-17/h2-11H,1H3,(H,20,25)(H,21,22,23)/t11-/m0/s1. The first kappa shape index (κ1) is 17.4. The van der Waals surface area contributed by atoms with Crippen LogP contribution in [0, 0.1) is 0 Å². The van der Waals surface area contributed by atoms with Crippen molar-refractivity contribution in [1.29, 1.82) is 0 Å². The van der Waals surface area contributed by atoms with Crippen molar-refractivity contribution in [3.8, 4) is 5.69 Å². The molecule has 2 N–H and O–H groups in total. The van der Waals surface area contributed by atoms with Gasteiger partial charge in [0.25, 0.3) is 15.9 Å². The fourth-order valence-electron chi connectivity index (χ4n) is 3.22. The number of carbonyl (C=O) groups excluding carboxylic acids is 1. The van der Waals surface area contributed by atoms with E-state index >= 15 is 0 Å². The van der Waals surface area contributed by atoms with Gasteiger partial charge in [-0.05, 0) is 31.2 Å². The molecule has 0 radical (unpaired) electrons. The van der Waals surface area contributed by atoms with Crippen LogP contribution in [0.1, 0.15) is 29.3 Å². The second-order valence-electron chi connectivity index (χ2n) is 6.63. The highest BCUT2D eigenvalue weighted by atomic mass is 32.2. The smallest absolute Gasteiger partial charge is 0.291 e. The summed E-state index contributed by atoms with van der Waals surface area (Å²) < 4.78 is 34.1. The molecular weight excluding hydrogens is 394 g/mol. The molecule has 2 aromatic carbocycles. The number of amides is 1. The lowest BCUT2D eigenvalue weighted by atomic mass is 10.2. The van der Waals surface area contributed by atoms with Gasteiger partial charge in [-0.3, -0.25) is 4.79 Å². The van der Waals surface area contributed by atoms with Gasteiger partial charge >= 0.3 is 0 Å². The Morgan fingerprint density at radius 2 is 1.93 bits per heavy atom. The Morgan fingerprint density at radius 1 is 1.17 bits per heavy atom. The number of nitrogens with one attached hydrogen (secondary N) is 2. The normalized spacial score (nSPS) is 15.2. The molecule has 10 heteroatoms. The molecule has 1 amide bonds. The zero-order chi connectivity index (χ0) is 20.2. The minimum Gasteiger partial charge on any atom is -0.459 e. The summed E-state index contributed by atoms with van der Waals surface area (Å²) in [5, 5.41) is 7.90. The van der Waals surface area contributed by atoms with Crippen LogP contribution in [0.25, 0.3) is 16.7 Å². The summed E-state index contributed by atoms with van der Waals surface area (Å²) in [6, 6.07) is 15.3. The third kappa shape index (κ3) is 2.85. The summed E-state index contributed by atoms with van der Waals surface area (Å²) in [7, 11) is -3.77. The Hall–Kier alpha value is -3.66. The Labute approximate surface area is 165 Å². The quantitative estimate of drug-likeness (QED) is 0.537. The topological polar surface area (TPSA) is 119 Å². The molecule has 1 atom stereocenters. The number of rotatable bonds is 3. The summed E-state index contributed by atoms with van der Waals surface area (Å²) in [6.07, 6.45) is 0. The van der Waals surface area contributed by atoms with Gasteiger partial charge in [-0.15, -0.1) is 5.10 Å². The third-order valence-corrected chi connectivity index (χ3v) is 6.01. The van der Waals surface area contributed by atoms with E-state index in [9.17, 15) is 13.2 Å². The van der Waals surface area contributed by atoms with Gasteiger partial charge in [-0.25, -0.2) is 13.1 Å². The highest BCUT2D eigenvalue weighted by Gasteiger charge is 2.31. The first-order chi connectivity index (χ1) is 13.9. The molecule has 0 spiro atoms. The van der Waals surface area contributed by atoms with E-state index in [1.807, 2.05) is 30.3 Å². The monoisotopic (exact) mass is 409 g/mol. The van der Waals surface area contributed by atoms with E-state index in [4.69, 9.17) is 4.42 Å². The lowest BCUT2D eigenvalue weighted by molar-refractivity contribution is 0.0925. The van der Waals surface area contributed by atoms with Gasteiger partial charge in [-0.1, -0.05) is 30.3 Å². The maximum Gasteiger partial charge on any atom is 0.291 e. The molecule has 5 rings (SSSR count). The van der Waals surface area contributed by atoms with E-state index < -0.39 is 22.0 Å². The predicted octanol–water partition coefficient (Wildman–Crippen LogP) is 2.62. The lowest BCUT2D eigenvalue weighted by Crippen LogP contribution is -2.27. The fraction of sp³-hybridized carbons (Fsp3) is 0.105. The van der Waals surface area contributed by atoms with Gasteiger partial charge in [0, 0.05) is 5.39 Å². The second-order valence-corrected chi connectivity index (χ2v) is 8.28. The highest BCUT2D eigenvalue weighted by Crippen LogP contribution is 2.29. The first-order valence-corrected chi connectivity index (χ1v) is 10.3. The van der Waals surface area contributed by atoms with Gasteiger partial charge in [0.05, 0.1) is 11.7 Å². The van der Waals surface area contributed by atoms with Gasteiger partial charge < -0.3 is 9.73 Å². The zero-order valence-electron chi connectivity index (χ0n) is 15.2. The number of benzene rings is 2. The molecule has 146 valence electrons. The number of anilines is 1. The number of hydrogen-bond donors (Lipinski definition) is 2. The van der Waals surface area contributed by atoms with Crippen molar-refractivity contribution in [2.45, 2.75) is 17.9 Å². The molecule has 0 unspecified atom stereocenters. The second kappa shape index (κ2) is 6.17. The number of aromatic nitrogens is 3. The van der Waals surface area contributed by atoms with Crippen LogP contribution in [-0.4, -0.2) is 29.1 Å². The van der Waals surface area contributed by atoms with E-state index in [0.29, 0.717) is 11.4 Å². The van der Waals surface area contributed by atoms with Gasteiger partial charge in [0.15, 0.2) is 0 Å². The van der Waals surface area contributed by atoms with Gasteiger partial charge in [0.1, 0.15) is 16.2 Å². The number of nitrogens with zero attached hydrogens (tertiary/aromatic N) is 3. The van der Waals surface area contributed by atoms with Crippen LogP contribution in [-0.2, 0) is 10.0 Å². The van der Waals surface area contributed by atoms with E-state index in [1.165, 1.54) is 10.7 Å². The summed E-state index contributed by atoms with van der Waals surface area (Å²) in [4.78, 5) is 16.8. The van der Waals surface area contributed by atoms with Gasteiger partial charge in [-0.2, -0.15) is 9.67 Å². The van der Waals surface area contributed by atoms with Crippen molar-refractivity contribution < 1.29 is 17.6 Å². The fourth-order valence-corrected chi connectivity index (χ4v) is 4.39. The molecule has 0 saturated heterocycles. The maximum atomic E-state index is 12.7. The summed E-state index contributed by atoms with van der Waals surface area (Å²) in [5.74, 6) is -0.140. The largest absolute Gasteiger partial charge is 0.459 e. The molecule has 0 saturated carbocycles. The SMILES string of the molecule is C[C@H](NC(=O)c1nc2n(n1)-c1ccccc1S(=O)(=O)N2)c1cc2ccccc2o1. The average Bonchev–Trinajstić information content (AvgIpc) is 3.32. The summed E-state index contributed by atoms with van der Waals surface area (Å²) >= 11 is 0. The van der Waals surface area contributed by atoms with Crippen LogP contribution in [0.3, 0.4) is 0 Å². The Balaban J connectivity index is 1.44. The number of para-hydroxylation sites is 2. The van der Waals surface area contributed by atoms with Crippen LogP contribution in [0.15, 0.2) is 63.9 Å². The molecule has 3 heterocycles. The number of carbonyl (C=O) groups is 1.